The number of carboxylic acid groups (broad SMARTS) is 1. The Bertz CT molecular complexity index is 371. The van der Waals surface area contributed by atoms with Crippen LogP contribution in [0.4, 0.5) is 0 Å². The quantitative estimate of drug-likeness (QED) is 0.748. The molecule has 0 bridgehead atoms. The van der Waals surface area contributed by atoms with Crippen molar-refractivity contribution in [3.63, 3.8) is 0 Å². The Morgan fingerprint density at radius 2 is 2.13 bits per heavy atom. The average molecular weight is 208 g/mol. The molecule has 1 aromatic carbocycles. The van der Waals surface area contributed by atoms with Gasteiger partial charge in [0.15, 0.2) is 5.78 Å². The molecule has 0 atom stereocenters. The van der Waals surface area contributed by atoms with Gasteiger partial charge in [0.25, 0.3) is 0 Å². The predicted molar refractivity (Wildman–Crippen MR) is 54.2 cm³/mol. The van der Waals surface area contributed by atoms with Crippen LogP contribution in [0.3, 0.4) is 0 Å². The highest BCUT2D eigenvalue weighted by atomic mass is 16.5. The van der Waals surface area contributed by atoms with Gasteiger partial charge in [0.2, 0.25) is 0 Å². The van der Waals surface area contributed by atoms with Crippen molar-refractivity contribution in [3.05, 3.63) is 29.8 Å². The van der Waals surface area contributed by atoms with E-state index in [0.29, 0.717) is 11.3 Å². The zero-order chi connectivity index (χ0) is 11.3. The molecule has 0 spiro atoms. The molecule has 0 saturated carbocycles. The summed E-state index contributed by atoms with van der Waals surface area (Å²) in [5.41, 5.74) is 0.558. The number of carbonyl (C=O) groups excluding carboxylic acids is 1. The summed E-state index contributed by atoms with van der Waals surface area (Å²) in [4.78, 5) is 21.3. The number of carbonyl (C=O) groups is 2. The van der Waals surface area contributed by atoms with Crippen molar-refractivity contribution >= 4 is 11.8 Å². The van der Waals surface area contributed by atoms with Crippen LogP contribution < -0.4 is 4.74 Å². The van der Waals surface area contributed by atoms with Gasteiger partial charge in [-0.15, -0.1) is 0 Å². The molecule has 0 unspecified atom stereocenters. The van der Waals surface area contributed by atoms with Crippen molar-refractivity contribution in [3.8, 4) is 5.75 Å². The molecule has 4 heteroatoms. The zero-order valence-electron chi connectivity index (χ0n) is 8.40. The van der Waals surface area contributed by atoms with E-state index < -0.39 is 5.97 Å². The van der Waals surface area contributed by atoms with Gasteiger partial charge in [0.1, 0.15) is 5.75 Å². The molecule has 80 valence electrons. The molecule has 0 amide bonds. The number of ketones is 1. The fourth-order valence-corrected chi connectivity index (χ4v) is 1.06. The normalized spacial score (nSPS) is 9.67. The molecule has 4 nitrogen and oxygen atoms in total. The van der Waals surface area contributed by atoms with Gasteiger partial charge in [0, 0.05) is 5.56 Å². The zero-order valence-corrected chi connectivity index (χ0v) is 8.40. The SMILES string of the molecule is CC(=O)c1cccc(OCCC(=O)O)c1. The first-order valence-electron chi connectivity index (χ1n) is 4.55. The van der Waals surface area contributed by atoms with Crippen molar-refractivity contribution in [1.29, 1.82) is 0 Å². The van der Waals surface area contributed by atoms with E-state index >= 15 is 0 Å². The van der Waals surface area contributed by atoms with E-state index in [1.807, 2.05) is 0 Å². The van der Waals surface area contributed by atoms with Crippen molar-refractivity contribution in [1.82, 2.24) is 0 Å². The minimum atomic E-state index is -0.905. The molecule has 0 aromatic heterocycles. The average Bonchev–Trinajstić information content (AvgIpc) is 2.17. The van der Waals surface area contributed by atoms with E-state index in [1.165, 1.54) is 6.92 Å². The maximum atomic E-state index is 11.0. The Morgan fingerprint density at radius 1 is 1.40 bits per heavy atom. The highest BCUT2D eigenvalue weighted by molar-refractivity contribution is 5.94. The van der Waals surface area contributed by atoms with Crippen molar-refractivity contribution in [2.24, 2.45) is 0 Å². The van der Waals surface area contributed by atoms with Crippen molar-refractivity contribution in [2.45, 2.75) is 13.3 Å². The first-order chi connectivity index (χ1) is 7.09. The summed E-state index contributed by atoms with van der Waals surface area (Å²) in [5.74, 6) is -0.430. The number of rotatable bonds is 5. The highest BCUT2D eigenvalue weighted by Crippen LogP contribution is 2.13. The second-order valence-electron chi connectivity index (χ2n) is 3.08. The third-order valence-corrected chi connectivity index (χ3v) is 1.83. The van der Waals surface area contributed by atoms with Crippen LogP contribution in [0.5, 0.6) is 5.75 Å². The van der Waals surface area contributed by atoms with E-state index in [2.05, 4.69) is 0 Å². The molecular formula is C11H12O4. The molecule has 0 aliphatic carbocycles. The van der Waals surface area contributed by atoms with Crippen molar-refractivity contribution < 1.29 is 19.4 Å². The summed E-state index contributed by atoms with van der Waals surface area (Å²) in [7, 11) is 0. The summed E-state index contributed by atoms with van der Waals surface area (Å²) >= 11 is 0. The molecule has 1 N–H and O–H groups in total. The first-order valence-corrected chi connectivity index (χ1v) is 4.55. The molecule has 0 aliphatic rings. The topological polar surface area (TPSA) is 63.6 Å². The molecule has 0 aliphatic heterocycles. The summed E-state index contributed by atoms with van der Waals surface area (Å²) in [6, 6.07) is 6.68. The predicted octanol–water partition coefficient (Wildman–Crippen LogP) is 1.74. The van der Waals surface area contributed by atoms with Crippen LogP contribution in [-0.4, -0.2) is 23.5 Å². The lowest BCUT2D eigenvalue weighted by Crippen LogP contribution is -2.05. The van der Waals surface area contributed by atoms with Crippen LogP contribution in [0, 0.1) is 0 Å². The van der Waals surface area contributed by atoms with E-state index in [0.717, 1.165) is 0 Å². The number of ether oxygens (including phenoxy) is 1. The Labute approximate surface area is 87.5 Å². The van der Waals surface area contributed by atoms with E-state index in [-0.39, 0.29) is 18.8 Å². The smallest absolute Gasteiger partial charge is 0.306 e. The lowest BCUT2D eigenvalue weighted by atomic mass is 10.1. The Balaban J connectivity index is 2.58. The van der Waals surface area contributed by atoms with Gasteiger partial charge in [0.05, 0.1) is 13.0 Å². The molecule has 15 heavy (non-hydrogen) atoms. The Kier molecular flexibility index (Phi) is 3.85. The van der Waals surface area contributed by atoms with E-state index in [1.54, 1.807) is 24.3 Å². The van der Waals surface area contributed by atoms with E-state index in [4.69, 9.17) is 9.84 Å². The molecule has 0 saturated heterocycles. The molecule has 1 aromatic rings. The lowest BCUT2D eigenvalue weighted by Gasteiger charge is -2.05. The molecule has 0 radical (unpaired) electrons. The fourth-order valence-electron chi connectivity index (χ4n) is 1.06. The number of benzene rings is 1. The second-order valence-corrected chi connectivity index (χ2v) is 3.08. The van der Waals surface area contributed by atoms with Gasteiger partial charge in [-0.3, -0.25) is 9.59 Å². The van der Waals surface area contributed by atoms with Crippen LogP contribution in [0.25, 0.3) is 0 Å². The number of aliphatic carboxylic acids is 1. The van der Waals surface area contributed by atoms with Gasteiger partial charge in [-0.05, 0) is 19.1 Å². The third kappa shape index (κ3) is 3.81. The second kappa shape index (κ2) is 5.14. The maximum Gasteiger partial charge on any atom is 0.306 e. The third-order valence-electron chi connectivity index (χ3n) is 1.83. The van der Waals surface area contributed by atoms with Crippen LogP contribution in [-0.2, 0) is 4.79 Å². The molecule has 0 heterocycles. The summed E-state index contributed by atoms with van der Waals surface area (Å²) in [6.45, 7) is 1.58. The highest BCUT2D eigenvalue weighted by Gasteiger charge is 2.02. The van der Waals surface area contributed by atoms with Crippen molar-refractivity contribution in [2.75, 3.05) is 6.61 Å². The van der Waals surface area contributed by atoms with Crippen LogP contribution >= 0.6 is 0 Å². The lowest BCUT2D eigenvalue weighted by molar-refractivity contribution is -0.137. The van der Waals surface area contributed by atoms with Gasteiger partial charge < -0.3 is 9.84 Å². The summed E-state index contributed by atoms with van der Waals surface area (Å²) in [6.07, 6.45) is -0.0513. The van der Waals surface area contributed by atoms with Crippen LogP contribution in [0.2, 0.25) is 0 Å². The van der Waals surface area contributed by atoms with Crippen LogP contribution in [0.15, 0.2) is 24.3 Å². The Morgan fingerprint density at radius 3 is 2.73 bits per heavy atom. The summed E-state index contributed by atoms with van der Waals surface area (Å²) < 4.78 is 5.17. The summed E-state index contributed by atoms with van der Waals surface area (Å²) in [5, 5.41) is 8.40. The Hall–Kier alpha value is -1.84. The minimum absolute atomic E-state index is 0.0429. The van der Waals surface area contributed by atoms with Gasteiger partial charge in [-0.2, -0.15) is 0 Å². The van der Waals surface area contributed by atoms with E-state index in [9.17, 15) is 9.59 Å². The maximum absolute atomic E-state index is 11.0. The molecular weight excluding hydrogens is 196 g/mol. The fraction of sp³-hybridized carbons (Fsp3) is 0.273. The standard InChI is InChI=1S/C11H12O4/c1-8(12)9-3-2-4-10(7-9)15-6-5-11(13)14/h2-4,7H,5-6H2,1H3,(H,13,14). The van der Waals surface area contributed by atoms with Gasteiger partial charge in [-0.25, -0.2) is 0 Å². The number of hydrogen-bond donors (Lipinski definition) is 1. The first kappa shape index (κ1) is 11.2. The van der Waals surface area contributed by atoms with Gasteiger partial charge in [-0.1, -0.05) is 12.1 Å². The monoisotopic (exact) mass is 208 g/mol. The van der Waals surface area contributed by atoms with Crippen LogP contribution in [0.1, 0.15) is 23.7 Å². The largest absolute Gasteiger partial charge is 0.493 e. The number of Topliss-reactive ketones (excluding diaryl/α,β-unsaturated/α-hetero) is 1. The van der Waals surface area contributed by atoms with Gasteiger partial charge >= 0.3 is 5.97 Å². The molecule has 1 rings (SSSR count). The molecule has 0 fully saturated rings. The number of carboxylic acids is 1. The number of hydrogen-bond acceptors (Lipinski definition) is 3. The minimum Gasteiger partial charge on any atom is -0.493 e.